The predicted octanol–water partition coefficient (Wildman–Crippen LogP) is 5.84. The van der Waals surface area contributed by atoms with Crippen LogP contribution in [-0.2, 0) is 22.5 Å². The SMILES string of the molecule is Cc1nn(Cc2ccccc2)c2sc(C(=O)OCC(=O)Nc3ccccc3Cc3ccccc3)cc12. The molecule has 5 aromatic rings. The van der Waals surface area contributed by atoms with Gasteiger partial charge in [0.2, 0.25) is 0 Å². The molecule has 0 saturated carbocycles. The molecule has 0 unspecified atom stereocenters. The molecule has 5 rings (SSSR count). The molecule has 1 N–H and O–H groups in total. The number of amides is 1. The third-order valence-corrected chi connectivity index (χ3v) is 6.98. The fourth-order valence-corrected chi connectivity index (χ4v) is 5.13. The van der Waals surface area contributed by atoms with Gasteiger partial charge in [-0.25, -0.2) is 4.79 Å². The molecule has 0 radical (unpaired) electrons. The van der Waals surface area contributed by atoms with Gasteiger partial charge < -0.3 is 10.1 Å². The van der Waals surface area contributed by atoms with E-state index in [1.165, 1.54) is 11.3 Å². The fourth-order valence-electron chi connectivity index (χ4n) is 4.08. The van der Waals surface area contributed by atoms with Crippen LogP contribution in [-0.4, -0.2) is 28.3 Å². The Kier molecular flexibility index (Phi) is 6.91. The molecule has 0 saturated heterocycles. The van der Waals surface area contributed by atoms with Gasteiger partial charge in [0, 0.05) is 11.1 Å². The number of carbonyl (C=O) groups excluding carboxylic acids is 2. The molecule has 2 aromatic heterocycles. The molecule has 0 aliphatic heterocycles. The van der Waals surface area contributed by atoms with Gasteiger partial charge in [0.1, 0.15) is 9.71 Å². The molecule has 6 nitrogen and oxygen atoms in total. The fraction of sp³-hybridized carbons (Fsp3) is 0.138. The third kappa shape index (κ3) is 5.37. The highest BCUT2D eigenvalue weighted by Gasteiger charge is 2.19. The molecule has 36 heavy (non-hydrogen) atoms. The number of aromatic nitrogens is 2. The quantitative estimate of drug-likeness (QED) is 0.275. The number of ether oxygens (including phenoxy) is 1. The van der Waals surface area contributed by atoms with E-state index in [-0.39, 0.29) is 12.5 Å². The predicted molar refractivity (Wildman–Crippen MR) is 142 cm³/mol. The van der Waals surface area contributed by atoms with E-state index in [0.717, 1.165) is 32.6 Å². The van der Waals surface area contributed by atoms with E-state index in [4.69, 9.17) is 4.74 Å². The second-order valence-corrected chi connectivity index (χ2v) is 9.53. The summed E-state index contributed by atoms with van der Waals surface area (Å²) in [6.45, 7) is 2.18. The summed E-state index contributed by atoms with van der Waals surface area (Å²) >= 11 is 1.33. The van der Waals surface area contributed by atoms with Crippen molar-refractivity contribution in [2.45, 2.75) is 19.9 Å². The van der Waals surface area contributed by atoms with Crippen LogP contribution in [0.25, 0.3) is 10.2 Å². The van der Waals surface area contributed by atoms with Crippen LogP contribution in [0.15, 0.2) is 91.0 Å². The minimum Gasteiger partial charge on any atom is -0.451 e. The average Bonchev–Trinajstić information content (AvgIpc) is 3.46. The molecule has 180 valence electrons. The minimum absolute atomic E-state index is 0.359. The van der Waals surface area contributed by atoms with Crippen molar-refractivity contribution in [3.8, 4) is 0 Å². The van der Waals surface area contributed by atoms with Gasteiger partial charge in [-0.1, -0.05) is 78.9 Å². The number of nitrogens with one attached hydrogen (secondary N) is 1. The van der Waals surface area contributed by atoms with Crippen LogP contribution in [0.3, 0.4) is 0 Å². The summed E-state index contributed by atoms with van der Waals surface area (Å²) in [4.78, 5) is 26.7. The number of aryl methyl sites for hydroxylation is 1. The largest absolute Gasteiger partial charge is 0.451 e. The van der Waals surface area contributed by atoms with E-state index in [2.05, 4.69) is 10.4 Å². The Hall–Kier alpha value is -4.23. The van der Waals surface area contributed by atoms with Crippen molar-refractivity contribution >= 4 is 39.1 Å². The lowest BCUT2D eigenvalue weighted by Gasteiger charge is -2.11. The second-order valence-electron chi connectivity index (χ2n) is 8.50. The van der Waals surface area contributed by atoms with E-state index in [1.807, 2.05) is 96.5 Å². The smallest absolute Gasteiger partial charge is 0.348 e. The molecule has 0 spiro atoms. The van der Waals surface area contributed by atoms with E-state index < -0.39 is 5.97 Å². The maximum atomic E-state index is 12.7. The lowest BCUT2D eigenvalue weighted by molar-refractivity contribution is -0.119. The molecule has 0 fully saturated rings. The van der Waals surface area contributed by atoms with Crippen molar-refractivity contribution in [2.24, 2.45) is 0 Å². The first-order chi connectivity index (χ1) is 17.6. The molecular weight excluding hydrogens is 470 g/mol. The van der Waals surface area contributed by atoms with Crippen molar-refractivity contribution in [2.75, 3.05) is 11.9 Å². The van der Waals surface area contributed by atoms with Gasteiger partial charge in [-0.15, -0.1) is 11.3 Å². The summed E-state index contributed by atoms with van der Waals surface area (Å²) in [5.74, 6) is -0.897. The number of nitrogens with zero attached hydrogens (tertiary/aromatic N) is 2. The number of benzene rings is 3. The van der Waals surface area contributed by atoms with Crippen molar-refractivity contribution in [3.63, 3.8) is 0 Å². The number of carbonyl (C=O) groups is 2. The van der Waals surface area contributed by atoms with Crippen molar-refractivity contribution < 1.29 is 14.3 Å². The number of anilines is 1. The third-order valence-electron chi connectivity index (χ3n) is 5.85. The summed E-state index contributed by atoms with van der Waals surface area (Å²) in [6, 6.07) is 29.5. The number of para-hydroxylation sites is 1. The summed E-state index contributed by atoms with van der Waals surface area (Å²) < 4.78 is 7.25. The zero-order valence-electron chi connectivity index (χ0n) is 19.8. The van der Waals surface area contributed by atoms with E-state index >= 15 is 0 Å². The minimum atomic E-state index is -0.519. The number of hydrogen-bond acceptors (Lipinski definition) is 5. The molecule has 2 heterocycles. The molecule has 0 atom stereocenters. The highest BCUT2D eigenvalue weighted by atomic mass is 32.1. The van der Waals surface area contributed by atoms with Crippen LogP contribution < -0.4 is 5.32 Å². The average molecular weight is 496 g/mol. The highest BCUT2D eigenvalue weighted by Crippen LogP contribution is 2.29. The van der Waals surface area contributed by atoms with Crippen molar-refractivity contribution in [1.82, 2.24) is 9.78 Å². The first-order valence-corrected chi connectivity index (χ1v) is 12.5. The van der Waals surface area contributed by atoms with E-state index in [0.29, 0.717) is 23.5 Å². The Balaban J connectivity index is 1.23. The molecule has 3 aromatic carbocycles. The maximum Gasteiger partial charge on any atom is 0.348 e. The van der Waals surface area contributed by atoms with Crippen molar-refractivity contribution in [1.29, 1.82) is 0 Å². The number of thiophene rings is 1. The standard InChI is InChI=1S/C29H25N3O3S/c1-20-24-17-26(36-28(24)32(31-20)18-22-12-6-3-7-13-22)29(34)35-19-27(33)30-25-15-9-8-14-23(25)16-21-10-4-2-5-11-21/h2-15,17H,16,18-19H2,1H3,(H,30,33). The van der Waals surface area contributed by atoms with Crippen LogP contribution in [0.1, 0.15) is 32.1 Å². The summed E-state index contributed by atoms with van der Waals surface area (Å²) in [6.07, 6.45) is 0.693. The Bertz CT molecular complexity index is 1510. The Morgan fingerprint density at radius 1 is 0.917 bits per heavy atom. The van der Waals surface area contributed by atoms with Gasteiger partial charge in [0.05, 0.1) is 12.2 Å². The number of esters is 1. The normalized spacial score (nSPS) is 10.9. The lowest BCUT2D eigenvalue weighted by atomic mass is 10.0. The molecular formula is C29H25N3O3S. The van der Waals surface area contributed by atoms with Gasteiger partial charge in [0.15, 0.2) is 6.61 Å². The van der Waals surface area contributed by atoms with Crippen LogP contribution in [0.5, 0.6) is 0 Å². The van der Waals surface area contributed by atoms with E-state index in [9.17, 15) is 9.59 Å². The highest BCUT2D eigenvalue weighted by molar-refractivity contribution is 7.20. The molecule has 7 heteroatoms. The number of rotatable bonds is 8. The Morgan fingerprint density at radius 3 is 2.33 bits per heavy atom. The van der Waals surface area contributed by atoms with Gasteiger partial charge in [-0.3, -0.25) is 9.48 Å². The molecule has 0 aliphatic carbocycles. The summed E-state index contributed by atoms with van der Waals surface area (Å²) in [5, 5.41) is 8.41. The summed E-state index contributed by atoms with van der Waals surface area (Å²) in [5.41, 5.74) is 4.83. The van der Waals surface area contributed by atoms with Crippen LogP contribution >= 0.6 is 11.3 Å². The first kappa shape index (κ1) is 23.5. The Labute approximate surface area is 213 Å². The van der Waals surface area contributed by atoms with Crippen LogP contribution in [0.4, 0.5) is 5.69 Å². The van der Waals surface area contributed by atoms with Crippen LogP contribution in [0, 0.1) is 6.92 Å². The van der Waals surface area contributed by atoms with E-state index in [1.54, 1.807) is 6.07 Å². The lowest BCUT2D eigenvalue weighted by Crippen LogP contribution is -2.21. The monoisotopic (exact) mass is 495 g/mol. The van der Waals surface area contributed by atoms with Crippen molar-refractivity contribution in [3.05, 3.63) is 118 Å². The second kappa shape index (κ2) is 10.6. The molecule has 0 aliphatic rings. The molecule has 0 bridgehead atoms. The number of hydrogen-bond donors (Lipinski definition) is 1. The van der Waals surface area contributed by atoms with Gasteiger partial charge >= 0.3 is 5.97 Å². The Morgan fingerprint density at radius 2 is 1.58 bits per heavy atom. The van der Waals surface area contributed by atoms with Gasteiger partial charge in [0.25, 0.3) is 5.91 Å². The van der Waals surface area contributed by atoms with Gasteiger partial charge in [-0.2, -0.15) is 5.10 Å². The topological polar surface area (TPSA) is 73.2 Å². The molecule has 1 amide bonds. The van der Waals surface area contributed by atoms with Crippen LogP contribution in [0.2, 0.25) is 0 Å². The maximum absolute atomic E-state index is 12.7. The zero-order valence-corrected chi connectivity index (χ0v) is 20.6. The summed E-state index contributed by atoms with van der Waals surface area (Å²) in [7, 11) is 0. The first-order valence-electron chi connectivity index (χ1n) is 11.7. The van der Waals surface area contributed by atoms with Gasteiger partial charge in [-0.05, 0) is 42.2 Å². The zero-order chi connectivity index (χ0) is 24.9. The number of fused-ring (bicyclic) bond motifs is 1.